The Balaban J connectivity index is 1.85. The van der Waals surface area contributed by atoms with Gasteiger partial charge in [0.05, 0.1) is 6.61 Å². The van der Waals surface area contributed by atoms with Crippen LogP contribution in [0, 0.1) is 5.92 Å². The first kappa shape index (κ1) is 18.5. The van der Waals surface area contributed by atoms with Gasteiger partial charge < -0.3 is 25.0 Å². The average molecular weight is 341 g/mol. The van der Waals surface area contributed by atoms with Gasteiger partial charge in [-0.2, -0.15) is 0 Å². The van der Waals surface area contributed by atoms with Gasteiger partial charge in [0.15, 0.2) is 5.54 Å². The number of likely N-dealkylation sites (tertiary alicyclic amines) is 2. The molecule has 8 heteroatoms. The van der Waals surface area contributed by atoms with E-state index in [1.54, 1.807) is 4.90 Å². The third-order valence-electron chi connectivity index (χ3n) is 4.82. The highest BCUT2D eigenvalue weighted by Crippen LogP contribution is 2.21. The number of methoxy groups -OCH3 is 1. The molecule has 0 saturated carbocycles. The highest BCUT2D eigenvalue weighted by Gasteiger charge is 2.38. The van der Waals surface area contributed by atoms with E-state index in [2.05, 4.69) is 5.32 Å². The Bertz CT molecular complexity index is 484. The van der Waals surface area contributed by atoms with Crippen molar-refractivity contribution in [2.24, 2.45) is 5.92 Å². The molecular formula is C16H27N3O5. The van der Waals surface area contributed by atoms with Gasteiger partial charge in [0.1, 0.15) is 0 Å². The van der Waals surface area contributed by atoms with E-state index in [0.717, 1.165) is 25.9 Å². The molecule has 0 bridgehead atoms. The molecule has 0 aromatic carbocycles. The van der Waals surface area contributed by atoms with Crippen molar-refractivity contribution in [1.29, 1.82) is 0 Å². The summed E-state index contributed by atoms with van der Waals surface area (Å²) in [5.74, 6) is -1.69. The van der Waals surface area contributed by atoms with Crippen molar-refractivity contribution in [3.63, 3.8) is 0 Å². The molecule has 0 radical (unpaired) electrons. The molecule has 3 amide bonds. The number of ether oxygens (including phenoxy) is 1. The van der Waals surface area contributed by atoms with E-state index >= 15 is 0 Å². The maximum atomic E-state index is 12.4. The lowest BCUT2D eigenvalue weighted by atomic mass is 9.94. The molecule has 2 heterocycles. The van der Waals surface area contributed by atoms with Crippen molar-refractivity contribution in [3.05, 3.63) is 0 Å². The van der Waals surface area contributed by atoms with Gasteiger partial charge in [-0.25, -0.2) is 9.59 Å². The van der Waals surface area contributed by atoms with E-state index in [9.17, 15) is 19.5 Å². The van der Waals surface area contributed by atoms with Crippen LogP contribution in [0.4, 0.5) is 4.79 Å². The summed E-state index contributed by atoms with van der Waals surface area (Å²) >= 11 is 0. The number of amides is 3. The summed E-state index contributed by atoms with van der Waals surface area (Å²) in [6.07, 6.45) is 3.21. The SMILES string of the molecule is COCC(C)(NC(=O)C1CCN(C(=O)N2CCCC2)CC1)C(=O)O. The molecule has 136 valence electrons. The second-order valence-electron chi connectivity index (χ2n) is 6.80. The van der Waals surface area contributed by atoms with Gasteiger partial charge in [-0.05, 0) is 32.6 Å². The van der Waals surface area contributed by atoms with Crippen molar-refractivity contribution < 1.29 is 24.2 Å². The molecule has 2 aliphatic rings. The topological polar surface area (TPSA) is 99.2 Å². The predicted octanol–water partition coefficient (Wildman–Crippen LogP) is 0.520. The minimum absolute atomic E-state index is 0.0566. The number of piperidine rings is 1. The summed E-state index contributed by atoms with van der Waals surface area (Å²) in [6, 6.07) is 0.0566. The molecule has 2 saturated heterocycles. The molecule has 2 aliphatic heterocycles. The molecule has 1 unspecified atom stereocenters. The number of hydrogen-bond donors (Lipinski definition) is 2. The summed E-state index contributed by atoms with van der Waals surface area (Å²) in [5.41, 5.74) is -1.44. The van der Waals surface area contributed by atoms with Gasteiger partial charge in [0.2, 0.25) is 5.91 Å². The van der Waals surface area contributed by atoms with Crippen LogP contribution in [0.2, 0.25) is 0 Å². The number of hydrogen-bond acceptors (Lipinski definition) is 4. The lowest BCUT2D eigenvalue weighted by Crippen LogP contribution is -2.57. The number of rotatable bonds is 5. The molecule has 0 aromatic heterocycles. The third-order valence-corrected chi connectivity index (χ3v) is 4.82. The Kier molecular flexibility index (Phi) is 6.04. The molecule has 8 nitrogen and oxygen atoms in total. The molecule has 1 atom stereocenters. The van der Waals surface area contributed by atoms with Gasteiger partial charge in [0.25, 0.3) is 0 Å². The Hall–Kier alpha value is -1.83. The van der Waals surface area contributed by atoms with E-state index in [1.807, 2.05) is 4.90 Å². The number of carbonyl (C=O) groups excluding carboxylic acids is 2. The maximum Gasteiger partial charge on any atom is 0.331 e. The average Bonchev–Trinajstić information content (AvgIpc) is 3.08. The summed E-state index contributed by atoms with van der Waals surface area (Å²) < 4.78 is 4.91. The second-order valence-corrected chi connectivity index (χ2v) is 6.80. The molecule has 0 spiro atoms. The first-order valence-electron chi connectivity index (χ1n) is 8.45. The fourth-order valence-corrected chi connectivity index (χ4v) is 3.26. The minimum Gasteiger partial charge on any atom is -0.479 e. The maximum absolute atomic E-state index is 12.4. The Morgan fingerprint density at radius 1 is 1.12 bits per heavy atom. The van der Waals surface area contributed by atoms with Crippen LogP contribution in [0.3, 0.4) is 0 Å². The van der Waals surface area contributed by atoms with E-state index in [4.69, 9.17) is 4.74 Å². The van der Waals surface area contributed by atoms with Crippen molar-refractivity contribution in [1.82, 2.24) is 15.1 Å². The van der Waals surface area contributed by atoms with E-state index in [1.165, 1.54) is 14.0 Å². The number of urea groups is 1. The van der Waals surface area contributed by atoms with Crippen molar-refractivity contribution in [2.45, 2.75) is 38.1 Å². The number of aliphatic carboxylic acids is 1. The zero-order valence-electron chi connectivity index (χ0n) is 14.4. The van der Waals surface area contributed by atoms with Crippen LogP contribution < -0.4 is 5.32 Å². The van der Waals surface area contributed by atoms with Gasteiger partial charge in [-0.1, -0.05) is 0 Å². The Morgan fingerprint density at radius 2 is 1.67 bits per heavy atom. The first-order chi connectivity index (χ1) is 11.4. The van der Waals surface area contributed by atoms with Gasteiger partial charge in [-0.15, -0.1) is 0 Å². The molecule has 2 N–H and O–H groups in total. The monoisotopic (exact) mass is 341 g/mol. The lowest BCUT2D eigenvalue weighted by molar-refractivity contribution is -0.150. The molecule has 2 rings (SSSR count). The van der Waals surface area contributed by atoms with Crippen molar-refractivity contribution in [2.75, 3.05) is 39.9 Å². The quantitative estimate of drug-likeness (QED) is 0.759. The highest BCUT2D eigenvalue weighted by molar-refractivity contribution is 5.88. The highest BCUT2D eigenvalue weighted by atomic mass is 16.5. The second kappa shape index (κ2) is 7.83. The smallest absolute Gasteiger partial charge is 0.331 e. The zero-order valence-corrected chi connectivity index (χ0v) is 14.4. The summed E-state index contributed by atoms with van der Waals surface area (Å²) in [5, 5.41) is 11.9. The van der Waals surface area contributed by atoms with Crippen molar-refractivity contribution in [3.8, 4) is 0 Å². The van der Waals surface area contributed by atoms with Crippen LogP contribution in [0.25, 0.3) is 0 Å². The van der Waals surface area contributed by atoms with Crippen LogP contribution >= 0.6 is 0 Å². The van der Waals surface area contributed by atoms with Crippen LogP contribution in [-0.4, -0.2) is 78.2 Å². The lowest BCUT2D eigenvalue weighted by Gasteiger charge is -2.35. The Morgan fingerprint density at radius 3 is 2.17 bits per heavy atom. The largest absolute Gasteiger partial charge is 0.479 e. The van der Waals surface area contributed by atoms with Crippen LogP contribution in [0.1, 0.15) is 32.6 Å². The molecule has 24 heavy (non-hydrogen) atoms. The van der Waals surface area contributed by atoms with Gasteiger partial charge in [0, 0.05) is 39.2 Å². The predicted molar refractivity (Wildman–Crippen MR) is 86.6 cm³/mol. The molecule has 2 fully saturated rings. The fourth-order valence-electron chi connectivity index (χ4n) is 3.26. The number of carboxylic acids is 1. The van der Waals surface area contributed by atoms with Gasteiger partial charge in [-0.3, -0.25) is 4.79 Å². The standard InChI is InChI=1S/C16H27N3O5/c1-16(11-24-2,14(21)22)17-13(20)12-5-9-19(10-6-12)15(23)18-7-3-4-8-18/h12H,3-11H2,1-2H3,(H,17,20)(H,21,22). The van der Waals surface area contributed by atoms with Crippen LogP contribution in [0.5, 0.6) is 0 Å². The van der Waals surface area contributed by atoms with Gasteiger partial charge >= 0.3 is 12.0 Å². The van der Waals surface area contributed by atoms with E-state index in [0.29, 0.717) is 25.9 Å². The van der Waals surface area contributed by atoms with E-state index in [-0.39, 0.29) is 24.5 Å². The fraction of sp³-hybridized carbons (Fsp3) is 0.812. The molecular weight excluding hydrogens is 314 g/mol. The summed E-state index contributed by atoms with van der Waals surface area (Å²) in [4.78, 5) is 39.7. The number of carboxylic acid groups (broad SMARTS) is 1. The van der Waals surface area contributed by atoms with Crippen molar-refractivity contribution >= 4 is 17.9 Å². The van der Waals surface area contributed by atoms with E-state index < -0.39 is 11.5 Å². The third kappa shape index (κ3) is 4.17. The Labute approximate surface area is 142 Å². The molecule has 0 aromatic rings. The summed E-state index contributed by atoms with van der Waals surface area (Å²) in [7, 11) is 1.40. The number of nitrogens with zero attached hydrogens (tertiary/aromatic N) is 2. The minimum atomic E-state index is -1.44. The normalized spacial score (nSPS) is 21.4. The molecule has 0 aliphatic carbocycles. The van der Waals surface area contributed by atoms with Crippen LogP contribution in [-0.2, 0) is 14.3 Å². The number of nitrogens with one attached hydrogen (secondary N) is 1. The van der Waals surface area contributed by atoms with Crippen LogP contribution in [0.15, 0.2) is 0 Å². The summed E-state index contributed by atoms with van der Waals surface area (Å²) in [6.45, 7) is 4.02. The zero-order chi connectivity index (χ0) is 17.7. The number of carbonyl (C=O) groups is 3. The first-order valence-corrected chi connectivity index (χ1v) is 8.45.